The van der Waals surface area contributed by atoms with Crippen LogP contribution in [0.25, 0.3) is 22.4 Å². The van der Waals surface area contributed by atoms with Crippen molar-refractivity contribution >= 4 is 16.9 Å². The van der Waals surface area contributed by atoms with Crippen LogP contribution >= 0.6 is 0 Å². The highest BCUT2D eigenvalue weighted by Gasteiger charge is 2.28. The van der Waals surface area contributed by atoms with Gasteiger partial charge in [-0.15, -0.1) is 0 Å². The summed E-state index contributed by atoms with van der Waals surface area (Å²) in [6.07, 6.45) is 5.32. The molecule has 0 N–H and O–H groups in total. The maximum absolute atomic E-state index is 13.1. The van der Waals surface area contributed by atoms with Crippen molar-refractivity contribution in [1.82, 2.24) is 29.9 Å². The van der Waals surface area contributed by atoms with E-state index < -0.39 is 0 Å². The summed E-state index contributed by atoms with van der Waals surface area (Å²) in [6, 6.07) is 6.08. The van der Waals surface area contributed by atoms with Gasteiger partial charge in [0.1, 0.15) is 18.0 Å². The Bertz CT molecular complexity index is 1120. The van der Waals surface area contributed by atoms with Crippen LogP contribution in [-0.4, -0.2) is 43.0 Å². The van der Waals surface area contributed by atoms with E-state index in [2.05, 4.69) is 30.1 Å². The number of hydrogen-bond donors (Lipinski definition) is 0. The minimum atomic E-state index is -0.290. The molecule has 1 aliphatic rings. The van der Waals surface area contributed by atoms with Gasteiger partial charge in [-0.1, -0.05) is 5.16 Å². The highest BCUT2D eigenvalue weighted by molar-refractivity contribution is 5.86. The van der Waals surface area contributed by atoms with Crippen LogP contribution < -0.4 is 4.90 Å². The van der Waals surface area contributed by atoms with Crippen molar-refractivity contribution < 1.29 is 8.91 Å². The summed E-state index contributed by atoms with van der Waals surface area (Å²) in [5.41, 5.74) is 1.54. The van der Waals surface area contributed by atoms with Gasteiger partial charge in [0.25, 0.3) is 0 Å². The fourth-order valence-electron chi connectivity index (χ4n) is 3.69. The molecule has 1 aliphatic heterocycles. The first-order valence-corrected chi connectivity index (χ1v) is 9.16. The maximum Gasteiger partial charge on any atom is 0.231 e. The molecule has 9 heteroatoms. The summed E-state index contributed by atoms with van der Waals surface area (Å²) in [7, 11) is 1.87. The molecule has 1 atom stereocenters. The van der Waals surface area contributed by atoms with Gasteiger partial charge in [0.05, 0.1) is 17.5 Å². The Balaban J connectivity index is 1.41. The van der Waals surface area contributed by atoms with Crippen molar-refractivity contribution in [2.75, 3.05) is 18.0 Å². The Morgan fingerprint density at radius 3 is 2.89 bits per heavy atom. The fourth-order valence-corrected chi connectivity index (χ4v) is 3.69. The molecule has 0 saturated carbocycles. The van der Waals surface area contributed by atoms with Crippen molar-refractivity contribution in [3.63, 3.8) is 0 Å². The summed E-state index contributed by atoms with van der Waals surface area (Å²) < 4.78 is 20.4. The molecule has 1 saturated heterocycles. The van der Waals surface area contributed by atoms with E-state index in [0.29, 0.717) is 11.7 Å². The summed E-state index contributed by atoms with van der Waals surface area (Å²) in [6.45, 7) is 1.63. The largest absolute Gasteiger partial charge is 0.355 e. The van der Waals surface area contributed by atoms with Crippen molar-refractivity contribution in [3.05, 3.63) is 48.5 Å². The molecule has 1 unspecified atom stereocenters. The van der Waals surface area contributed by atoms with Crippen molar-refractivity contribution in [1.29, 1.82) is 0 Å². The number of piperidine rings is 1. The smallest absolute Gasteiger partial charge is 0.231 e. The summed E-state index contributed by atoms with van der Waals surface area (Å²) >= 11 is 0. The molecule has 0 radical (unpaired) electrons. The van der Waals surface area contributed by atoms with E-state index in [0.717, 1.165) is 48.3 Å². The number of fused-ring (bicyclic) bond motifs is 1. The van der Waals surface area contributed by atoms with Crippen LogP contribution in [-0.2, 0) is 7.05 Å². The van der Waals surface area contributed by atoms with E-state index >= 15 is 0 Å². The minimum absolute atomic E-state index is 0.108. The minimum Gasteiger partial charge on any atom is -0.355 e. The first-order valence-electron chi connectivity index (χ1n) is 9.16. The third-order valence-corrected chi connectivity index (χ3v) is 5.12. The van der Waals surface area contributed by atoms with Gasteiger partial charge < -0.3 is 9.42 Å². The first-order chi connectivity index (χ1) is 13.7. The average Bonchev–Trinajstić information content (AvgIpc) is 3.36. The SMILES string of the molecule is Cn1ncc2c(N3CCCC(c4nc(-c5ccc(F)cc5)no4)C3)ncnc21. The van der Waals surface area contributed by atoms with Gasteiger partial charge in [0.15, 0.2) is 5.65 Å². The predicted molar refractivity (Wildman–Crippen MR) is 100 cm³/mol. The van der Waals surface area contributed by atoms with E-state index in [1.807, 2.05) is 7.05 Å². The second-order valence-electron chi connectivity index (χ2n) is 6.95. The van der Waals surface area contributed by atoms with Crippen LogP contribution in [0, 0.1) is 5.82 Å². The van der Waals surface area contributed by atoms with Crippen LogP contribution in [0.2, 0.25) is 0 Å². The molecule has 4 heterocycles. The van der Waals surface area contributed by atoms with Crippen LogP contribution in [0.15, 0.2) is 41.3 Å². The van der Waals surface area contributed by atoms with Crippen molar-refractivity contribution in [3.8, 4) is 11.4 Å². The molecule has 0 amide bonds. The number of rotatable bonds is 3. The second kappa shape index (κ2) is 6.66. The van der Waals surface area contributed by atoms with Gasteiger partial charge in [-0.3, -0.25) is 4.68 Å². The lowest BCUT2D eigenvalue weighted by atomic mass is 9.98. The first kappa shape index (κ1) is 16.8. The quantitative estimate of drug-likeness (QED) is 0.541. The lowest BCUT2D eigenvalue weighted by molar-refractivity contribution is 0.333. The number of hydrogen-bond acceptors (Lipinski definition) is 7. The Morgan fingerprint density at radius 1 is 1.18 bits per heavy atom. The van der Waals surface area contributed by atoms with Crippen molar-refractivity contribution in [2.45, 2.75) is 18.8 Å². The average molecular weight is 379 g/mol. The van der Waals surface area contributed by atoms with E-state index in [-0.39, 0.29) is 11.7 Å². The highest BCUT2D eigenvalue weighted by Crippen LogP contribution is 2.32. The third kappa shape index (κ3) is 2.88. The molecule has 4 aromatic rings. The van der Waals surface area contributed by atoms with E-state index in [1.54, 1.807) is 29.3 Å². The van der Waals surface area contributed by atoms with Gasteiger partial charge in [-0.05, 0) is 37.1 Å². The van der Waals surface area contributed by atoms with Crippen LogP contribution in [0.5, 0.6) is 0 Å². The van der Waals surface area contributed by atoms with Gasteiger partial charge in [0, 0.05) is 25.7 Å². The van der Waals surface area contributed by atoms with Gasteiger partial charge >= 0.3 is 0 Å². The lowest BCUT2D eigenvalue weighted by Gasteiger charge is -2.32. The van der Waals surface area contributed by atoms with E-state index in [1.165, 1.54) is 12.1 Å². The topological polar surface area (TPSA) is 85.8 Å². The van der Waals surface area contributed by atoms with Gasteiger partial charge in [-0.2, -0.15) is 10.1 Å². The van der Waals surface area contributed by atoms with Crippen LogP contribution in [0.4, 0.5) is 10.2 Å². The molecular formula is C19H18FN7O. The van der Waals surface area contributed by atoms with Crippen LogP contribution in [0.3, 0.4) is 0 Å². The number of halogens is 1. The zero-order valence-corrected chi connectivity index (χ0v) is 15.3. The zero-order valence-electron chi connectivity index (χ0n) is 15.3. The molecule has 0 bridgehead atoms. The summed E-state index contributed by atoms with van der Waals surface area (Å²) in [5.74, 6) is 1.77. The molecule has 8 nitrogen and oxygen atoms in total. The monoisotopic (exact) mass is 379 g/mol. The maximum atomic E-state index is 13.1. The molecule has 0 spiro atoms. The van der Waals surface area contributed by atoms with Gasteiger partial charge in [-0.25, -0.2) is 14.4 Å². The standard InChI is InChI=1S/C19H18FN7O/c1-26-17-15(9-23-26)18(22-11-21-17)27-8-2-3-13(10-27)19-24-16(25-28-19)12-4-6-14(20)7-5-12/h4-7,9,11,13H,2-3,8,10H2,1H3. The third-order valence-electron chi connectivity index (χ3n) is 5.12. The predicted octanol–water partition coefficient (Wildman–Crippen LogP) is 2.94. The molecule has 1 fully saturated rings. The Morgan fingerprint density at radius 2 is 2.04 bits per heavy atom. The number of aryl methyl sites for hydroxylation is 1. The second-order valence-corrected chi connectivity index (χ2v) is 6.95. The highest BCUT2D eigenvalue weighted by atomic mass is 19.1. The number of anilines is 1. The molecule has 142 valence electrons. The summed E-state index contributed by atoms with van der Waals surface area (Å²) in [5, 5.41) is 9.30. The number of aromatic nitrogens is 6. The Kier molecular flexibility index (Phi) is 4.00. The number of nitrogens with zero attached hydrogens (tertiary/aromatic N) is 7. The van der Waals surface area contributed by atoms with Crippen LogP contribution in [0.1, 0.15) is 24.7 Å². The molecule has 28 heavy (non-hydrogen) atoms. The molecule has 1 aromatic carbocycles. The zero-order chi connectivity index (χ0) is 19.1. The Hall–Kier alpha value is -3.36. The van der Waals surface area contributed by atoms with Crippen molar-refractivity contribution in [2.24, 2.45) is 7.05 Å². The fraction of sp³-hybridized carbons (Fsp3) is 0.316. The number of benzene rings is 1. The molecular weight excluding hydrogens is 361 g/mol. The molecule has 5 rings (SSSR count). The lowest BCUT2D eigenvalue weighted by Crippen LogP contribution is -2.35. The normalized spacial score (nSPS) is 17.4. The molecule has 0 aliphatic carbocycles. The van der Waals surface area contributed by atoms with E-state index in [4.69, 9.17) is 4.52 Å². The van der Waals surface area contributed by atoms with Gasteiger partial charge in [0.2, 0.25) is 11.7 Å². The van der Waals surface area contributed by atoms with E-state index in [9.17, 15) is 4.39 Å². The summed E-state index contributed by atoms with van der Waals surface area (Å²) in [4.78, 5) is 15.6. The molecule has 3 aromatic heterocycles. The Labute approximate surface area is 160 Å².